The predicted molar refractivity (Wildman–Crippen MR) is 48.6 cm³/mol. The summed E-state index contributed by atoms with van der Waals surface area (Å²) in [6.45, 7) is 0.192. The molecule has 1 N–H and O–H groups in total. The number of carbonyl (C=O) groups is 1. The maximum atomic E-state index is 11.5. The van der Waals surface area contributed by atoms with E-state index in [0.717, 1.165) is 11.3 Å². The first-order valence-electron chi connectivity index (χ1n) is 4.49. The average Bonchev–Trinajstić information content (AvgIpc) is 2.67. The summed E-state index contributed by atoms with van der Waals surface area (Å²) >= 11 is 0. The molecule has 72 valence electrons. The Hall–Kier alpha value is -1.39. The number of nitrogens with one attached hydrogen (secondary N) is 1. The Morgan fingerprint density at radius 1 is 1.21 bits per heavy atom. The van der Waals surface area contributed by atoms with Crippen molar-refractivity contribution in [3.8, 4) is 0 Å². The Morgan fingerprint density at radius 2 is 2.00 bits per heavy atom. The number of carbonyl (C=O) groups excluding carboxylic acids is 1. The van der Waals surface area contributed by atoms with Crippen molar-refractivity contribution in [2.24, 2.45) is 0 Å². The molecule has 1 aromatic carbocycles. The lowest BCUT2D eigenvalue weighted by Gasteiger charge is -2.25. The number of fused-ring (bicyclic) bond motifs is 3. The number of benzene rings is 1. The predicted octanol–water partition coefficient (Wildman–Crippen LogP) is 1.05. The number of amides is 1. The van der Waals surface area contributed by atoms with Crippen molar-refractivity contribution < 1.29 is 14.3 Å². The zero-order valence-electron chi connectivity index (χ0n) is 7.40. The molecule has 2 unspecified atom stereocenters. The summed E-state index contributed by atoms with van der Waals surface area (Å²) in [6, 6.07) is 7.62. The fraction of sp³-hybridized carbons (Fsp3) is 0.300. The first-order valence-corrected chi connectivity index (χ1v) is 4.49. The number of rotatable bonds is 0. The van der Waals surface area contributed by atoms with E-state index in [1.54, 1.807) is 0 Å². The Morgan fingerprint density at radius 3 is 2.93 bits per heavy atom. The van der Waals surface area contributed by atoms with Gasteiger partial charge in [-0.1, -0.05) is 18.2 Å². The lowest BCUT2D eigenvalue weighted by Crippen LogP contribution is -2.36. The highest BCUT2D eigenvalue weighted by Crippen LogP contribution is 2.37. The van der Waals surface area contributed by atoms with Crippen LogP contribution in [0.5, 0.6) is 0 Å². The van der Waals surface area contributed by atoms with Gasteiger partial charge in [0.05, 0.1) is 0 Å². The summed E-state index contributed by atoms with van der Waals surface area (Å²) in [5.41, 5.74) is 1.82. The van der Waals surface area contributed by atoms with Crippen LogP contribution in [0.3, 0.4) is 0 Å². The van der Waals surface area contributed by atoms with Gasteiger partial charge < -0.3 is 14.8 Å². The van der Waals surface area contributed by atoms with Gasteiger partial charge in [-0.3, -0.25) is 4.79 Å². The van der Waals surface area contributed by atoms with Crippen molar-refractivity contribution >= 4 is 11.6 Å². The second-order valence-corrected chi connectivity index (χ2v) is 3.37. The summed E-state index contributed by atoms with van der Waals surface area (Å²) in [7, 11) is 0. The zero-order chi connectivity index (χ0) is 9.54. The largest absolute Gasteiger partial charge is 0.344 e. The summed E-state index contributed by atoms with van der Waals surface area (Å²) in [6.07, 6.45) is -0.718. The third kappa shape index (κ3) is 0.981. The molecule has 0 aliphatic carbocycles. The van der Waals surface area contributed by atoms with Gasteiger partial charge in [-0.2, -0.15) is 0 Å². The molecule has 2 heterocycles. The SMILES string of the molecule is O=C1Nc2ccccc2C2OCOC12. The normalized spacial score (nSPS) is 29.3. The van der Waals surface area contributed by atoms with E-state index >= 15 is 0 Å². The topological polar surface area (TPSA) is 47.6 Å². The molecule has 4 heteroatoms. The van der Waals surface area contributed by atoms with Gasteiger partial charge in [0, 0.05) is 11.3 Å². The van der Waals surface area contributed by atoms with E-state index in [-0.39, 0.29) is 18.8 Å². The minimum Gasteiger partial charge on any atom is -0.344 e. The van der Waals surface area contributed by atoms with Gasteiger partial charge in [0.1, 0.15) is 12.9 Å². The van der Waals surface area contributed by atoms with Crippen LogP contribution in [0, 0.1) is 0 Å². The third-order valence-electron chi connectivity index (χ3n) is 2.55. The van der Waals surface area contributed by atoms with Crippen LogP contribution in [-0.2, 0) is 14.3 Å². The van der Waals surface area contributed by atoms with Crippen LogP contribution < -0.4 is 5.32 Å². The number of anilines is 1. The molecule has 2 atom stereocenters. The number of ether oxygens (including phenoxy) is 2. The van der Waals surface area contributed by atoms with Crippen molar-refractivity contribution in [1.29, 1.82) is 0 Å². The maximum absolute atomic E-state index is 11.5. The van der Waals surface area contributed by atoms with Gasteiger partial charge in [0.25, 0.3) is 5.91 Å². The fourth-order valence-electron chi connectivity index (χ4n) is 1.89. The van der Waals surface area contributed by atoms with Gasteiger partial charge >= 0.3 is 0 Å². The highest BCUT2D eigenvalue weighted by atomic mass is 16.7. The molecule has 0 saturated carbocycles. The molecule has 2 aliphatic heterocycles. The molecular weight excluding hydrogens is 182 g/mol. The molecule has 0 spiro atoms. The minimum absolute atomic E-state index is 0.119. The summed E-state index contributed by atoms with van der Waals surface area (Å²) in [4.78, 5) is 11.5. The van der Waals surface area contributed by atoms with Crippen LogP contribution in [0.4, 0.5) is 5.69 Å². The number of hydrogen-bond donors (Lipinski definition) is 1. The van der Waals surface area contributed by atoms with Crippen molar-refractivity contribution in [3.05, 3.63) is 29.8 Å². The summed E-state index contributed by atoms with van der Waals surface area (Å²) < 4.78 is 10.6. The smallest absolute Gasteiger partial charge is 0.256 e. The van der Waals surface area contributed by atoms with E-state index in [1.807, 2.05) is 24.3 Å². The first kappa shape index (κ1) is 7.96. The van der Waals surface area contributed by atoms with Crippen LogP contribution in [0.25, 0.3) is 0 Å². The monoisotopic (exact) mass is 191 g/mol. The second-order valence-electron chi connectivity index (χ2n) is 3.37. The average molecular weight is 191 g/mol. The molecule has 0 radical (unpaired) electrons. The van der Waals surface area contributed by atoms with E-state index in [9.17, 15) is 4.79 Å². The molecule has 1 saturated heterocycles. The van der Waals surface area contributed by atoms with Crippen molar-refractivity contribution in [2.45, 2.75) is 12.2 Å². The number of para-hydroxylation sites is 1. The standard InChI is InChI=1S/C10H9NO3/c12-10-9-8(13-5-14-9)6-3-1-2-4-7(6)11-10/h1-4,8-9H,5H2,(H,11,12). The summed E-state index contributed by atoms with van der Waals surface area (Å²) in [5.74, 6) is -0.119. The third-order valence-corrected chi connectivity index (χ3v) is 2.55. The second kappa shape index (κ2) is 2.80. The zero-order valence-corrected chi connectivity index (χ0v) is 7.40. The van der Waals surface area contributed by atoms with Crippen LogP contribution in [-0.4, -0.2) is 18.8 Å². The molecule has 0 bridgehead atoms. The molecule has 3 rings (SSSR count). The highest BCUT2D eigenvalue weighted by Gasteiger charge is 2.41. The lowest BCUT2D eigenvalue weighted by molar-refractivity contribution is -0.125. The van der Waals surface area contributed by atoms with Crippen molar-refractivity contribution in [3.63, 3.8) is 0 Å². The molecule has 4 nitrogen and oxygen atoms in total. The van der Waals surface area contributed by atoms with Crippen molar-refractivity contribution in [1.82, 2.24) is 0 Å². The van der Waals surface area contributed by atoms with Gasteiger partial charge in [-0.05, 0) is 6.07 Å². The quantitative estimate of drug-likeness (QED) is 0.666. The maximum Gasteiger partial charge on any atom is 0.256 e. The molecule has 1 fully saturated rings. The van der Waals surface area contributed by atoms with Crippen LogP contribution in [0.1, 0.15) is 11.7 Å². The minimum atomic E-state index is -0.482. The molecule has 2 aliphatic rings. The van der Waals surface area contributed by atoms with Gasteiger partial charge in [-0.15, -0.1) is 0 Å². The molecule has 1 amide bonds. The molecule has 14 heavy (non-hydrogen) atoms. The lowest BCUT2D eigenvalue weighted by atomic mass is 9.98. The molecular formula is C10H9NO3. The van der Waals surface area contributed by atoms with Gasteiger partial charge in [-0.25, -0.2) is 0 Å². The number of hydrogen-bond acceptors (Lipinski definition) is 3. The van der Waals surface area contributed by atoms with E-state index in [4.69, 9.17) is 9.47 Å². The van der Waals surface area contributed by atoms with Crippen LogP contribution >= 0.6 is 0 Å². The van der Waals surface area contributed by atoms with Gasteiger partial charge in [0.15, 0.2) is 6.10 Å². The van der Waals surface area contributed by atoms with E-state index in [2.05, 4.69) is 5.32 Å². The van der Waals surface area contributed by atoms with E-state index in [1.165, 1.54) is 0 Å². The fourth-order valence-corrected chi connectivity index (χ4v) is 1.89. The molecule has 0 aromatic heterocycles. The van der Waals surface area contributed by atoms with Crippen molar-refractivity contribution in [2.75, 3.05) is 12.1 Å². The highest BCUT2D eigenvalue weighted by molar-refractivity contribution is 5.98. The van der Waals surface area contributed by atoms with Crippen LogP contribution in [0.15, 0.2) is 24.3 Å². The Bertz CT molecular complexity index is 391. The van der Waals surface area contributed by atoms with Crippen LogP contribution in [0.2, 0.25) is 0 Å². The Labute approximate surface area is 80.8 Å². The molecule has 1 aromatic rings. The van der Waals surface area contributed by atoms with E-state index in [0.29, 0.717) is 0 Å². The van der Waals surface area contributed by atoms with Gasteiger partial charge in [0.2, 0.25) is 0 Å². The summed E-state index contributed by atoms with van der Waals surface area (Å²) in [5, 5.41) is 2.79. The first-order chi connectivity index (χ1) is 6.86. The van der Waals surface area contributed by atoms with E-state index < -0.39 is 6.10 Å². The Balaban J connectivity index is 2.11. The Kier molecular flexibility index (Phi) is 1.59.